The molecule has 142 valence electrons. The van der Waals surface area contributed by atoms with E-state index in [1.165, 1.54) is 0 Å². The summed E-state index contributed by atoms with van der Waals surface area (Å²) >= 11 is 0. The SMILES string of the molecule is COCCOc1cc(C)ccc1NC(=O)NC(C)c1cc2ccccc2o1. The van der Waals surface area contributed by atoms with Crippen molar-refractivity contribution in [3.05, 3.63) is 59.9 Å². The minimum absolute atomic E-state index is 0.277. The number of rotatable bonds is 7. The van der Waals surface area contributed by atoms with Crippen LogP contribution in [-0.4, -0.2) is 26.4 Å². The number of carbonyl (C=O) groups is 1. The van der Waals surface area contributed by atoms with E-state index in [1.54, 1.807) is 7.11 Å². The zero-order valence-corrected chi connectivity index (χ0v) is 15.7. The van der Waals surface area contributed by atoms with Gasteiger partial charge in [-0.1, -0.05) is 24.3 Å². The van der Waals surface area contributed by atoms with E-state index in [0.717, 1.165) is 16.5 Å². The monoisotopic (exact) mass is 368 g/mol. The number of amides is 2. The molecule has 2 aromatic carbocycles. The Morgan fingerprint density at radius 3 is 2.74 bits per heavy atom. The van der Waals surface area contributed by atoms with Crippen molar-refractivity contribution in [2.24, 2.45) is 0 Å². The molecule has 0 fully saturated rings. The van der Waals surface area contributed by atoms with Gasteiger partial charge in [0.25, 0.3) is 0 Å². The average Bonchev–Trinajstić information content (AvgIpc) is 3.08. The van der Waals surface area contributed by atoms with Gasteiger partial charge in [-0.15, -0.1) is 0 Å². The Balaban J connectivity index is 1.66. The van der Waals surface area contributed by atoms with Crippen LogP contribution in [0.3, 0.4) is 0 Å². The van der Waals surface area contributed by atoms with E-state index in [-0.39, 0.29) is 12.1 Å². The van der Waals surface area contributed by atoms with Crippen LogP contribution in [-0.2, 0) is 4.74 Å². The lowest BCUT2D eigenvalue weighted by Crippen LogP contribution is -2.31. The molecule has 2 N–H and O–H groups in total. The van der Waals surface area contributed by atoms with Gasteiger partial charge in [0.2, 0.25) is 0 Å². The number of fused-ring (bicyclic) bond motifs is 1. The zero-order chi connectivity index (χ0) is 19.2. The highest BCUT2D eigenvalue weighted by Gasteiger charge is 2.15. The van der Waals surface area contributed by atoms with Crippen LogP contribution in [0.25, 0.3) is 11.0 Å². The van der Waals surface area contributed by atoms with Crippen LogP contribution in [0.1, 0.15) is 24.3 Å². The first-order valence-corrected chi connectivity index (χ1v) is 8.85. The third kappa shape index (κ3) is 4.80. The van der Waals surface area contributed by atoms with Crippen molar-refractivity contribution in [2.75, 3.05) is 25.6 Å². The molecule has 6 nitrogen and oxygen atoms in total. The molecule has 0 radical (unpaired) electrons. The van der Waals surface area contributed by atoms with Gasteiger partial charge in [-0.3, -0.25) is 0 Å². The molecule has 2 amide bonds. The van der Waals surface area contributed by atoms with Crippen molar-refractivity contribution >= 4 is 22.7 Å². The van der Waals surface area contributed by atoms with Gasteiger partial charge in [0.15, 0.2) is 0 Å². The van der Waals surface area contributed by atoms with E-state index in [9.17, 15) is 4.79 Å². The molecule has 0 saturated carbocycles. The summed E-state index contributed by atoms with van der Waals surface area (Å²) < 4.78 is 16.5. The van der Waals surface area contributed by atoms with Crippen LogP contribution >= 0.6 is 0 Å². The Kier molecular flexibility index (Phi) is 5.98. The predicted octanol–water partition coefficient (Wildman–Crippen LogP) is 4.65. The fourth-order valence-electron chi connectivity index (χ4n) is 2.73. The Bertz CT molecular complexity index is 886. The number of furan rings is 1. The maximum atomic E-state index is 12.4. The standard InChI is InChI=1S/C21H24N2O4/c1-14-8-9-17(20(12-14)26-11-10-25-3)23-21(24)22-15(2)19-13-16-6-4-5-7-18(16)27-19/h4-9,12-13,15H,10-11H2,1-3H3,(H2,22,23,24). The molecule has 0 aliphatic rings. The minimum atomic E-state index is -0.330. The van der Waals surface area contributed by atoms with E-state index in [0.29, 0.717) is 30.4 Å². The summed E-state index contributed by atoms with van der Waals surface area (Å²) in [5.74, 6) is 1.31. The number of aryl methyl sites for hydroxylation is 1. The Labute approximate surface area is 158 Å². The van der Waals surface area contributed by atoms with Gasteiger partial charge >= 0.3 is 6.03 Å². The van der Waals surface area contributed by atoms with Crippen molar-refractivity contribution in [1.82, 2.24) is 5.32 Å². The van der Waals surface area contributed by atoms with Gasteiger partial charge in [0, 0.05) is 12.5 Å². The Morgan fingerprint density at radius 2 is 1.96 bits per heavy atom. The molecule has 1 atom stereocenters. The number of urea groups is 1. The fourth-order valence-corrected chi connectivity index (χ4v) is 2.73. The number of hydrogen-bond acceptors (Lipinski definition) is 4. The molecule has 3 aromatic rings. The van der Waals surface area contributed by atoms with Gasteiger partial charge in [0.05, 0.1) is 18.3 Å². The lowest BCUT2D eigenvalue weighted by molar-refractivity contribution is 0.146. The van der Waals surface area contributed by atoms with Crippen molar-refractivity contribution in [3.63, 3.8) is 0 Å². The summed E-state index contributed by atoms with van der Waals surface area (Å²) in [6.45, 7) is 4.73. The summed E-state index contributed by atoms with van der Waals surface area (Å²) in [7, 11) is 1.62. The molecule has 6 heteroatoms. The molecular formula is C21H24N2O4. The summed E-state index contributed by atoms with van der Waals surface area (Å²) in [6, 6.07) is 14.7. The minimum Gasteiger partial charge on any atom is -0.489 e. The van der Waals surface area contributed by atoms with Crippen molar-refractivity contribution in [3.8, 4) is 5.75 Å². The first-order valence-electron chi connectivity index (χ1n) is 8.85. The maximum Gasteiger partial charge on any atom is 0.319 e. The zero-order valence-electron chi connectivity index (χ0n) is 15.7. The quantitative estimate of drug-likeness (QED) is 0.596. The highest BCUT2D eigenvalue weighted by molar-refractivity contribution is 5.91. The van der Waals surface area contributed by atoms with Crippen molar-refractivity contribution in [1.29, 1.82) is 0 Å². The molecule has 0 bridgehead atoms. The molecule has 1 aromatic heterocycles. The second kappa shape index (κ2) is 8.60. The van der Waals surface area contributed by atoms with Crippen LogP contribution in [0.4, 0.5) is 10.5 Å². The van der Waals surface area contributed by atoms with Gasteiger partial charge < -0.3 is 24.5 Å². The van der Waals surface area contributed by atoms with Gasteiger partial charge in [-0.2, -0.15) is 0 Å². The van der Waals surface area contributed by atoms with Crippen LogP contribution in [0.2, 0.25) is 0 Å². The highest BCUT2D eigenvalue weighted by atomic mass is 16.5. The van der Waals surface area contributed by atoms with E-state index >= 15 is 0 Å². The summed E-state index contributed by atoms with van der Waals surface area (Å²) in [4.78, 5) is 12.4. The van der Waals surface area contributed by atoms with E-state index in [1.807, 2.05) is 62.4 Å². The lowest BCUT2D eigenvalue weighted by atomic mass is 10.2. The van der Waals surface area contributed by atoms with Crippen LogP contribution in [0.15, 0.2) is 52.9 Å². The number of para-hydroxylation sites is 1. The normalized spacial score (nSPS) is 12.0. The average molecular weight is 368 g/mol. The Morgan fingerprint density at radius 1 is 1.15 bits per heavy atom. The second-order valence-corrected chi connectivity index (χ2v) is 6.35. The lowest BCUT2D eigenvalue weighted by Gasteiger charge is -2.16. The first kappa shape index (κ1) is 18.8. The van der Waals surface area contributed by atoms with Crippen LogP contribution < -0.4 is 15.4 Å². The molecular weight excluding hydrogens is 344 g/mol. The summed E-state index contributed by atoms with van der Waals surface area (Å²) in [6.07, 6.45) is 0. The van der Waals surface area contributed by atoms with Crippen LogP contribution in [0, 0.1) is 6.92 Å². The van der Waals surface area contributed by atoms with Gasteiger partial charge in [0.1, 0.15) is 23.7 Å². The molecule has 1 heterocycles. The third-order valence-corrected chi connectivity index (χ3v) is 4.15. The number of benzene rings is 2. The fraction of sp³-hybridized carbons (Fsp3) is 0.286. The predicted molar refractivity (Wildman–Crippen MR) is 105 cm³/mol. The van der Waals surface area contributed by atoms with E-state index in [2.05, 4.69) is 10.6 Å². The molecule has 0 aliphatic heterocycles. The smallest absolute Gasteiger partial charge is 0.319 e. The number of anilines is 1. The number of ether oxygens (including phenoxy) is 2. The summed E-state index contributed by atoms with van der Waals surface area (Å²) in [5.41, 5.74) is 2.45. The topological polar surface area (TPSA) is 72.7 Å². The Hall–Kier alpha value is -2.99. The molecule has 27 heavy (non-hydrogen) atoms. The van der Waals surface area contributed by atoms with Crippen LogP contribution in [0.5, 0.6) is 5.75 Å². The van der Waals surface area contributed by atoms with Crippen molar-refractivity contribution in [2.45, 2.75) is 19.9 Å². The highest BCUT2D eigenvalue weighted by Crippen LogP contribution is 2.27. The van der Waals surface area contributed by atoms with Gasteiger partial charge in [-0.05, 0) is 43.7 Å². The van der Waals surface area contributed by atoms with Crippen molar-refractivity contribution < 1.29 is 18.7 Å². The molecule has 3 rings (SSSR count). The molecule has 0 spiro atoms. The van der Waals surface area contributed by atoms with Gasteiger partial charge in [-0.25, -0.2) is 4.79 Å². The maximum absolute atomic E-state index is 12.4. The first-order chi connectivity index (χ1) is 13.1. The number of nitrogens with one attached hydrogen (secondary N) is 2. The summed E-state index contributed by atoms with van der Waals surface area (Å²) in [5, 5.41) is 6.74. The molecule has 0 saturated heterocycles. The molecule has 0 aliphatic carbocycles. The number of carbonyl (C=O) groups excluding carboxylic acids is 1. The number of methoxy groups -OCH3 is 1. The van der Waals surface area contributed by atoms with E-state index < -0.39 is 0 Å². The third-order valence-electron chi connectivity index (χ3n) is 4.15. The number of hydrogen-bond donors (Lipinski definition) is 2. The molecule has 1 unspecified atom stereocenters. The van der Waals surface area contributed by atoms with E-state index in [4.69, 9.17) is 13.9 Å². The second-order valence-electron chi connectivity index (χ2n) is 6.35. The largest absolute Gasteiger partial charge is 0.489 e.